The van der Waals surface area contributed by atoms with E-state index in [0.29, 0.717) is 5.92 Å². The van der Waals surface area contributed by atoms with E-state index in [-0.39, 0.29) is 5.82 Å². The lowest BCUT2D eigenvalue weighted by molar-refractivity contribution is 0.117. The third-order valence-corrected chi connectivity index (χ3v) is 3.24. The van der Waals surface area contributed by atoms with Crippen molar-refractivity contribution >= 4 is 0 Å². The van der Waals surface area contributed by atoms with Gasteiger partial charge in [-0.25, -0.2) is 4.39 Å². The van der Waals surface area contributed by atoms with Gasteiger partial charge in [0, 0.05) is 13.2 Å². The van der Waals surface area contributed by atoms with Crippen LogP contribution in [-0.2, 0) is 11.2 Å². The zero-order chi connectivity index (χ0) is 13.9. The fraction of sp³-hybridized carbons (Fsp3) is 0.625. The lowest BCUT2D eigenvalue weighted by atomic mass is 9.96. The molecule has 0 aliphatic rings. The molecule has 0 aliphatic heterocycles. The zero-order valence-electron chi connectivity index (χ0n) is 12.1. The van der Waals surface area contributed by atoms with Crippen LogP contribution in [0.3, 0.4) is 0 Å². The number of benzene rings is 1. The Morgan fingerprint density at radius 3 is 2.58 bits per heavy atom. The zero-order valence-corrected chi connectivity index (χ0v) is 12.1. The van der Waals surface area contributed by atoms with Crippen LogP contribution in [0.15, 0.2) is 24.3 Å². The predicted octanol–water partition coefficient (Wildman–Crippen LogP) is 3.41. The molecule has 0 aliphatic carbocycles. The van der Waals surface area contributed by atoms with Crippen molar-refractivity contribution in [2.75, 3.05) is 26.8 Å². The second kappa shape index (κ2) is 9.93. The van der Waals surface area contributed by atoms with Crippen LogP contribution in [0.1, 0.15) is 31.7 Å². The number of hydrogen-bond donors (Lipinski definition) is 1. The van der Waals surface area contributed by atoms with Crippen molar-refractivity contribution in [2.45, 2.75) is 32.6 Å². The first kappa shape index (κ1) is 16.1. The molecule has 0 fully saturated rings. The van der Waals surface area contributed by atoms with Crippen molar-refractivity contribution in [3.05, 3.63) is 35.6 Å². The fourth-order valence-electron chi connectivity index (χ4n) is 2.12. The van der Waals surface area contributed by atoms with Gasteiger partial charge in [0.2, 0.25) is 0 Å². The molecule has 1 aromatic rings. The highest BCUT2D eigenvalue weighted by atomic mass is 19.1. The molecule has 1 unspecified atom stereocenters. The fourth-order valence-corrected chi connectivity index (χ4v) is 2.12. The quantitative estimate of drug-likeness (QED) is 0.656. The molecule has 1 atom stereocenters. The summed E-state index contributed by atoms with van der Waals surface area (Å²) in [5.41, 5.74) is 1.19. The molecule has 0 saturated carbocycles. The van der Waals surface area contributed by atoms with E-state index >= 15 is 0 Å². The van der Waals surface area contributed by atoms with Crippen molar-refractivity contribution in [2.24, 2.45) is 5.92 Å². The molecular weight excluding hydrogens is 241 g/mol. The first-order valence-electron chi connectivity index (χ1n) is 7.23. The van der Waals surface area contributed by atoms with E-state index in [9.17, 15) is 4.39 Å². The summed E-state index contributed by atoms with van der Waals surface area (Å²) >= 11 is 0. The molecule has 0 radical (unpaired) electrons. The van der Waals surface area contributed by atoms with Crippen molar-refractivity contribution in [3.63, 3.8) is 0 Å². The second-order valence-corrected chi connectivity index (χ2v) is 5.01. The second-order valence-electron chi connectivity index (χ2n) is 5.01. The van der Waals surface area contributed by atoms with Crippen molar-refractivity contribution < 1.29 is 9.13 Å². The van der Waals surface area contributed by atoms with E-state index in [1.807, 2.05) is 19.2 Å². The standard InChI is InChI=1S/C16H26FNO/c1-3-4-10-19-11-9-15(13-18-2)12-14-5-7-16(17)8-6-14/h5-8,15,18H,3-4,9-13H2,1-2H3. The average Bonchev–Trinajstić information content (AvgIpc) is 2.41. The van der Waals surface area contributed by atoms with Crippen molar-refractivity contribution in [1.82, 2.24) is 5.32 Å². The number of hydrogen-bond acceptors (Lipinski definition) is 2. The van der Waals surface area contributed by atoms with Crippen molar-refractivity contribution in [1.29, 1.82) is 0 Å². The number of unbranched alkanes of at least 4 members (excludes halogenated alkanes) is 1. The maximum atomic E-state index is 12.9. The van der Waals surface area contributed by atoms with Gasteiger partial charge in [-0.05, 0) is 56.5 Å². The Balaban J connectivity index is 2.33. The third-order valence-electron chi connectivity index (χ3n) is 3.24. The smallest absolute Gasteiger partial charge is 0.123 e. The Morgan fingerprint density at radius 1 is 1.21 bits per heavy atom. The topological polar surface area (TPSA) is 21.3 Å². The van der Waals surface area contributed by atoms with Gasteiger partial charge < -0.3 is 10.1 Å². The monoisotopic (exact) mass is 267 g/mol. The number of nitrogens with one attached hydrogen (secondary N) is 1. The summed E-state index contributed by atoms with van der Waals surface area (Å²) in [5, 5.41) is 3.22. The minimum atomic E-state index is -0.170. The molecule has 108 valence electrons. The number of ether oxygens (including phenoxy) is 1. The summed E-state index contributed by atoms with van der Waals surface area (Å²) in [6.07, 6.45) is 4.32. The largest absolute Gasteiger partial charge is 0.381 e. The van der Waals surface area contributed by atoms with Crippen LogP contribution >= 0.6 is 0 Å². The van der Waals surface area contributed by atoms with Gasteiger partial charge in [0.25, 0.3) is 0 Å². The summed E-state index contributed by atoms with van der Waals surface area (Å²) in [4.78, 5) is 0. The van der Waals surface area contributed by atoms with Gasteiger partial charge in [-0.1, -0.05) is 25.5 Å². The maximum Gasteiger partial charge on any atom is 0.123 e. The highest BCUT2D eigenvalue weighted by Crippen LogP contribution is 2.13. The van der Waals surface area contributed by atoms with Crippen LogP contribution in [0.5, 0.6) is 0 Å². The molecule has 0 spiro atoms. The van der Waals surface area contributed by atoms with Gasteiger partial charge in [0.05, 0.1) is 0 Å². The summed E-state index contributed by atoms with van der Waals surface area (Å²) in [7, 11) is 1.97. The highest BCUT2D eigenvalue weighted by Gasteiger charge is 2.09. The lowest BCUT2D eigenvalue weighted by Gasteiger charge is -2.16. The van der Waals surface area contributed by atoms with Gasteiger partial charge in [-0.3, -0.25) is 0 Å². The molecule has 19 heavy (non-hydrogen) atoms. The van der Waals surface area contributed by atoms with E-state index in [4.69, 9.17) is 4.74 Å². The Kier molecular flexibility index (Phi) is 8.43. The SMILES string of the molecule is CCCCOCCC(CNC)Cc1ccc(F)cc1. The molecule has 1 N–H and O–H groups in total. The van der Waals surface area contributed by atoms with Crippen LogP contribution < -0.4 is 5.32 Å². The van der Waals surface area contributed by atoms with E-state index < -0.39 is 0 Å². The average molecular weight is 267 g/mol. The minimum Gasteiger partial charge on any atom is -0.381 e. The Labute approximate surface area is 116 Å². The Hall–Kier alpha value is -0.930. The molecule has 0 heterocycles. The van der Waals surface area contributed by atoms with E-state index in [1.54, 1.807) is 0 Å². The predicted molar refractivity (Wildman–Crippen MR) is 77.9 cm³/mol. The molecular formula is C16H26FNO. The summed E-state index contributed by atoms with van der Waals surface area (Å²) in [6.45, 7) is 4.81. The highest BCUT2D eigenvalue weighted by molar-refractivity contribution is 5.16. The molecule has 0 amide bonds. The van der Waals surface area contributed by atoms with Crippen LogP contribution in [0, 0.1) is 11.7 Å². The van der Waals surface area contributed by atoms with Gasteiger partial charge in [-0.2, -0.15) is 0 Å². The normalized spacial score (nSPS) is 12.6. The Bertz CT molecular complexity index is 326. The third kappa shape index (κ3) is 7.28. The summed E-state index contributed by atoms with van der Waals surface area (Å²) in [6, 6.07) is 6.80. The lowest BCUT2D eigenvalue weighted by Crippen LogP contribution is -2.22. The van der Waals surface area contributed by atoms with Gasteiger partial charge >= 0.3 is 0 Å². The van der Waals surface area contributed by atoms with Gasteiger partial charge in [0.15, 0.2) is 0 Å². The van der Waals surface area contributed by atoms with Crippen molar-refractivity contribution in [3.8, 4) is 0 Å². The molecule has 0 aromatic heterocycles. The van der Waals surface area contributed by atoms with E-state index in [2.05, 4.69) is 12.2 Å². The maximum absolute atomic E-state index is 12.9. The number of halogens is 1. The van der Waals surface area contributed by atoms with Crippen LogP contribution in [0.4, 0.5) is 4.39 Å². The molecule has 3 heteroatoms. The molecule has 0 bridgehead atoms. The Morgan fingerprint density at radius 2 is 1.95 bits per heavy atom. The van der Waals surface area contributed by atoms with Gasteiger partial charge in [-0.15, -0.1) is 0 Å². The molecule has 2 nitrogen and oxygen atoms in total. The van der Waals surface area contributed by atoms with Crippen LogP contribution in [-0.4, -0.2) is 26.8 Å². The van der Waals surface area contributed by atoms with E-state index in [1.165, 1.54) is 24.1 Å². The first-order chi connectivity index (χ1) is 9.26. The minimum absolute atomic E-state index is 0.170. The number of rotatable bonds is 10. The molecule has 1 rings (SSSR count). The summed E-state index contributed by atoms with van der Waals surface area (Å²) < 4.78 is 18.5. The van der Waals surface area contributed by atoms with Crippen LogP contribution in [0.2, 0.25) is 0 Å². The summed E-state index contributed by atoms with van der Waals surface area (Å²) in [5.74, 6) is 0.369. The molecule has 0 saturated heterocycles. The van der Waals surface area contributed by atoms with Gasteiger partial charge in [0.1, 0.15) is 5.82 Å². The van der Waals surface area contributed by atoms with Crippen LogP contribution in [0.25, 0.3) is 0 Å². The first-order valence-corrected chi connectivity index (χ1v) is 7.23. The molecule has 1 aromatic carbocycles. The van der Waals surface area contributed by atoms with E-state index in [0.717, 1.165) is 39.0 Å².